The fourth-order valence-corrected chi connectivity index (χ4v) is 2.70. The largest absolute Gasteiger partial charge is 0.482 e. The van der Waals surface area contributed by atoms with Gasteiger partial charge in [0.15, 0.2) is 6.61 Å². The van der Waals surface area contributed by atoms with Gasteiger partial charge in [0.2, 0.25) is 0 Å². The van der Waals surface area contributed by atoms with Crippen LogP contribution >= 0.6 is 0 Å². The molecule has 2 aromatic carbocycles. The first-order valence-electron chi connectivity index (χ1n) is 9.51. The predicted molar refractivity (Wildman–Crippen MR) is 114 cm³/mol. The lowest BCUT2D eigenvalue weighted by Gasteiger charge is -2.09. The van der Waals surface area contributed by atoms with E-state index in [4.69, 9.17) is 9.47 Å². The van der Waals surface area contributed by atoms with Crippen molar-refractivity contribution >= 4 is 18.1 Å². The van der Waals surface area contributed by atoms with Crippen LogP contribution in [0.25, 0.3) is 5.69 Å². The Morgan fingerprint density at radius 1 is 1.03 bits per heavy atom. The number of rotatable bonds is 8. The second kappa shape index (κ2) is 10.1. The number of nitrogens with zero attached hydrogens (tertiary/aromatic N) is 2. The predicted octanol–water partition coefficient (Wildman–Crippen LogP) is 3.57. The number of aromatic nitrogens is 1. The van der Waals surface area contributed by atoms with Gasteiger partial charge >= 0.3 is 5.97 Å². The molecule has 1 N–H and O–H groups in total. The van der Waals surface area contributed by atoms with Crippen molar-refractivity contribution in [2.24, 2.45) is 5.10 Å². The molecule has 3 aromatic rings. The molecule has 7 heteroatoms. The Hall–Kier alpha value is -3.87. The Kier molecular flexibility index (Phi) is 7.00. The normalized spacial score (nSPS) is 10.9. The second-order valence-corrected chi connectivity index (χ2v) is 6.70. The third-order valence-corrected chi connectivity index (χ3v) is 4.01. The van der Waals surface area contributed by atoms with Gasteiger partial charge in [-0.15, -0.1) is 0 Å². The summed E-state index contributed by atoms with van der Waals surface area (Å²) in [7, 11) is 0. The lowest BCUT2D eigenvalue weighted by molar-refractivity contribution is -0.149. The van der Waals surface area contributed by atoms with E-state index in [0.717, 1.165) is 11.3 Å². The standard InChI is InChI=1S/C23H23N3O4/c1-17(2)30-22(27)16-29-19-11-9-18(10-12-19)15-24-25-23(28)20-7-3-4-8-21(20)26-13-5-6-14-26/h3-15,17H,16H2,1-2H3,(H,25,28)/b24-15-. The van der Waals surface area contributed by atoms with Crippen LogP contribution in [-0.4, -0.2) is 35.4 Å². The van der Waals surface area contributed by atoms with Crippen LogP contribution < -0.4 is 10.2 Å². The molecule has 0 saturated heterocycles. The zero-order chi connectivity index (χ0) is 21.3. The second-order valence-electron chi connectivity index (χ2n) is 6.70. The maximum atomic E-state index is 12.5. The third kappa shape index (κ3) is 5.81. The summed E-state index contributed by atoms with van der Waals surface area (Å²) in [6.45, 7) is 3.41. The van der Waals surface area contributed by atoms with Crippen LogP contribution in [-0.2, 0) is 9.53 Å². The molecule has 0 fully saturated rings. The van der Waals surface area contributed by atoms with Gasteiger partial charge in [-0.3, -0.25) is 4.79 Å². The average molecular weight is 405 g/mol. The molecule has 0 radical (unpaired) electrons. The summed E-state index contributed by atoms with van der Waals surface area (Å²) >= 11 is 0. The van der Waals surface area contributed by atoms with Crippen molar-refractivity contribution in [3.8, 4) is 11.4 Å². The van der Waals surface area contributed by atoms with E-state index in [1.54, 1.807) is 50.2 Å². The summed E-state index contributed by atoms with van der Waals surface area (Å²) in [4.78, 5) is 24.0. The average Bonchev–Trinajstić information content (AvgIpc) is 3.27. The Morgan fingerprint density at radius 2 is 1.73 bits per heavy atom. The van der Waals surface area contributed by atoms with E-state index in [2.05, 4.69) is 10.5 Å². The number of hydrazone groups is 1. The van der Waals surface area contributed by atoms with E-state index >= 15 is 0 Å². The fraction of sp³-hybridized carbons (Fsp3) is 0.174. The number of hydrogen-bond acceptors (Lipinski definition) is 5. The number of carbonyl (C=O) groups excluding carboxylic acids is 2. The van der Waals surface area contributed by atoms with Crippen LogP contribution in [0.5, 0.6) is 5.75 Å². The van der Waals surface area contributed by atoms with Gasteiger partial charge in [0, 0.05) is 12.4 Å². The summed E-state index contributed by atoms with van der Waals surface area (Å²) in [5, 5.41) is 4.03. The molecule has 30 heavy (non-hydrogen) atoms. The number of carbonyl (C=O) groups is 2. The van der Waals surface area contributed by atoms with Gasteiger partial charge in [-0.1, -0.05) is 12.1 Å². The van der Waals surface area contributed by atoms with Gasteiger partial charge in [-0.2, -0.15) is 5.10 Å². The van der Waals surface area contributed by atoms with Gasteiger partial charge in [-0.25, -0.2) is 10.2 Å². The van der Waals surface area contributed by atoms with Crippen molar-refractivity contribution < 1.29 is 19.1 Å². The minimum atomic E-state index is -0.418. The highest BCUT2D eigenvalue weighted by Crippen LogP contribution is 2.15. The van der Waals surface area contributed by atoms with E-state index in [1.807, 2.05) is 41.2 Å². The Balaban J connectivity index is 1.56. The van der Waals surface area contributed by atoms with E-state index < -0.39 is 5.97 Å². The van der Waals surface area contributed by atoms with Gasteiger partial charge in [0.05, 0.1) is 23.6 Å². The SMILES string of the molecule is CC(C)OC(=O)COc1ccc(/C=N\NC(=O)c2ccccc2-n2cccc2)cc1. The summed E-state index contributed by atoms with van der Waals surface area (Å²) in [5.41, 5.74) is 4.60. The molecule has 7 nitrogen and oxygen atoms in total. The lowest BCUT2D eigenvalue weighted by atomic mass is 10.1. The maximum absolute atomic E-state index is 12.5. The summed E-state index contributed by atoms with van der Waals surface area (Å²) < 4.78 is 12.3. The highest BCUT2D eigenvalue weighted by Gasteiger charge is 2.11. The van der Waals surface area contributed by atoms with E-state index in [-0.39, 0.29) is 18.6 Å². The number of nitrogens with one attached hydrogen (secondary N) is 1. The van der Waals surface area contributed by atoms with Crippen LogP contribution in [0.1, 0.15) is 29.8 Å². The van der Waals surface area contributed by atoms with Gasteiger partial charge < -0.3 is 14.0 Å². The fourth-order valence-electron chi connectivity index (χ4n) is 2.70. The smallest absolute Gasteiger partial charge is 0.344 e. The molecule has 1 amide bonds. The number of para-hydroxylation sites is 1. The quantitative estimate of drug-likeness (QED) is 0.353. The molecular formula is C23H23N3O4. The van der Waals surface area contributed by atoms with Crippen molar-refractivity contribution in [3.63, 3.8) is 0 Å². The Morgan fingerprint density at radius 3 is 2.43 bits per heavy atom. The number of benzene rings is 2. The number of hydrogen-bond donors (Lipinski definition) is 1. The highest BCUT2D eigenvalue weighted by molar-refractivity contribution is 5.98. The zero-order valence-electron chi connectivity index (χ0n) is 16.8. The monoisotopic (exact) mass is 405 g/mol. The third-order valence-electron chi connectivity index (χ3n) is 4.01. The van der Waals surface area contributed by atoms with E-state index in [1.165, 1.54) is 6.21 Å². The first-order chi connectivity index (χ1) is 14.5. The zero-order valence-corrected chi connectivity index (χ0v) is 16.8. The first-order valence-corrected chi connectivity index (χ1v) is 9.51. The number of esters is 1. The Bertz CT molecular complexity index is 1010. The van der Waals surface area contributed by atoms with Crippen molar-refractivity contribution in [1.29, 1.82) is 0 Å². The molecule has 0 saturated carbocycles. The molecule has 0 aliphatic rings. The van der Waals surface area contributed by atoms with Crippen molar-refractivity contribution in [2.45, 2.75) is 20.0 Å². The van der Waals surface area contributed by atoms with Crippen molar-refractivity contribution in [1.82, 2.24) is 9.99 Å². The topological polar surface area (TPSA) is 81.9 Å². The van der Waals surface area contributed by atoms with Gasteiger partial charge in [-0.05, 0) is 67.9 Å². The first kappa shape index (κ1) is 20.9. The molecule has 0 spiro atoms. The van der Waals surface area contributed by atoms with Gasteiger partial charge in [0.1, 0.15) is 5.75 Å². The highest BCUT2D eigenvalue weighted by atomic mass is 16.6. The minimum Gasteiger partial charge on any atom is -0.482 e. The summed E-state index contributed by atoms with van der Waals surface area (Å²) in [5.74, 6) is -0.185. The minimum absolute atomic E-state index is 0.150. The molecule has 1 heterocycles. The lowest BCUT2D eigenvalue weighted by Crippen LogP contribution is -2.19. The molecule has 0 unspecified atom stereocenters. The van der Waals surface area contributed by atoms with Crippen molar-refractivity contribution in [3.05, 3.63) is 84.2 Å². The van der Waals surface area contributed by atoms with Crippen LogP contribution in [0.4, 0.5) is 0 Å². The van der Waals surface area contributed by atoms with Crippen molar-refractivity contribution in [2.75, 3.05) is 6.61 Å². The maximum Gasteiger partial charge on any atom is 0.344 e. The number of ether oxygens (including phenoxy) is 2. The molecule has 154 valence electrons. The summed E-state index contributed by atoms with van der Waals surface area (Å²) in [6.07, 6.45) is 5.11. The van der Waals surface area contributed by atoms with Crippen LogP contribution in [0.2, 0.25) is 0 Å². The van der Waals surface area contributed by atoms with Crippen LogP contribution in [0, 0.1) is 0 Å². The van der Waals surface area contributed by atoms with Crippen LogP contribution in [0.3, 0.4) is 0 Å². The molecule has 1 aromatic heterocycles. The van der Waals surface area contributed by atoms with E-state index in [9.17, 15) is 9.59 Å². The Labute approximate surface area is 174 Å². The molecule has 0 atom stereocenters. The molecule has 0 aliphatic heterocycles. The molecule has 0 bridgehead atoms. The molecular weight excluding hydrogens is 382 g/mol. The van der Waals surface area contributed by atoms with E-state index in [0.29, 0.717) is 11.3 Å². The molecule has 0 aliphatic carbocycles. The van der Waals surface area contributed by atoms with Crippen LogP contribution in [0.15, 0.2) is 78.2 Å². The number of amides is 1. The van der Waals surface area contributed by atoms with Gasteiger partial charge in [0.25, 0.3) is 5.91 Å². The molecule has 3 rings (SSSR count). The summed E-state index contributed by atoms with van der Waals surface area (Å²) in [6, 6.07) is 18.1.